The highest BCUT2D eigenvalue weighted by molar-refractivity contribution is 7.12. The van der Waals surface area contributed by atoms with Gasteiger partial charge < -0.3 is 9.30 Å². The number of nitrogens with zero attached hydrogens (tertiary/aromatic N) is 1. The van der Waals surface area contributed by atoms with Crippen LogP contribution in [0.4, 0.5) is 17.6 Å². The first kappa shape index (κ1) is 18.9. The summed E-state index contributed by atoms with van der Waals surface area (Å²) >= 11 is 0.978. The van der Waals surface area contributed by atoms with Crippen molar-refractivity contribution in [3.05, 3.63) is 62.0 Å². The van der Waals surface area contributed by atoms with Gasteiger partial charge in [0.1, 0.15) is 16.0 Å². The Morgan fingerprint density at radius 1 is 1.03 bits per heavy atom. The van der Waals surface area contributed by atoms with E-state index >= 15 is 0 Å². The molecule has 2 aromatic heterocycles. The van der Waals surface area contributed by atoms with Crippen LogP contribution in [0.1, 0.15) is 18.9 Å². The lowest BCUT2D eigenvalue weighted by Gasteiger charge is -2.15. The lowest BCUT2D eigenvalue weighted by Crippen LogP contribution is -2.15. The van der Waals surface area contributed by atoms with Gasteiger partial charge in [-0.25, -0.2) is 13.2 Å². The van der Waals surface area contributed by atoms with Gasteiger partial charge >= 0.3 is 0 Å². The van der Waals surface area contributed by atoms with Crippen molar-refractivity contribution >= 4 is 32.7 Å². The van der Waals surface area contributed by atoms with Crippen LogP contribution in [0.2, 0.25) is 0 Å². The summed E-state index contributed by atoms with van der Waals surface area (Å²) in [5.74, 6) is -6.20. The average molecular weight is 436 g/mol. The van der Waals surface area contributed by atoms with Crippen LogP contribution in [0.5, 0.6) is 5.75 Å². The van der Waals surface area contributed by atoms with Crippen LogP contribution in [0.3, 0.4) is 0 Å². The topological polar surface area (TPSA) is 64.1 Å². The zero-order valence-corrected chi connectivity index (χ0v) is 16.1. The number of pyridine rings is 1. The van der Waals surface area contributed by atoms with Crippen LogP contribution in [-0.4, -0.2) is 16.1 Å². The Kier molecular flexibility index (Phi) is 4.04. The molecule has 0 bridgehead atoms. The molecule has 0 atom stereocenters. The molecule has 1 aliphatic rings. The van der Waals surface area contributed by atoms with E-state index in [2.05, 4.69) is 9.11 Å². The Labute approximate surface area is 169 Å². The van der Waals surface area contributed by atoms with Gasteiger partial charge in [-0.3, -0.25) is 14.0 Å². The van der Waals surface area contributed by atoms with E-state index in [1.165, 1.54) is 6.07 Å². The first-order chi connectivity index (χ1) is 14.3. The fourth-order valence-corrected chi connectivity index (χ4v) is 4.64. The zero-order valence-electron chi connectivity index (χ0n) is 15.3. The number of H-pyrrole nitrogens is 1. The summed E-state index contributed by atoms with van der Waals surface area (Å²) in [6.45, 7) is 0. The zero-order chi connectivity index (χ0) is 21.3. The number of hydrogen-bond donors (Lipinski definition) is 1. The van der Waals surface area contributed by atoms with Gasteiger partial charge in [0.15, 0.2) is 17.4 Å². The summed E-state index contributed by atoms with van der Waals surface area (Å²) in [6, 6.07) is 2.70. The molecule has 0 unspecified atom stereocenters. The maximum atomic E-state index is 14.9. The molecule has 0 aliphatic heterocycles. The van der Waals surface area contributed by atoms with Crippen molar-refractivity contribution in [1.82, 2.24) is 8.94 Å². The molecule has 5 rings (SSSR count). The van der Waals surface area contributed by atoms with E-state index in [1.54, 1.807) is 4.57 Å². The normalized spacial score (nSPS) is 14.0. The third-order valence-corrected chi connectivity index (χ3v) is 6.12. The first-order valence-electron chi connectivity index (χ1n) is 8.94. The second-order valence-corrected chi connectivity index (χ2v) is 7.86. The van der Waals surface area contributed by atoms with Gasteiger partial charge in [0, 0.05) is 22.6 Å². The standard InChI is InChI=1S/C20H12F4N2O3S/c1-29-18-12(22)4-9(15(23)16(18)24)8-6-13-10(5-11(8)21)17(27)14-19(28)25-30-20(14)26(13)7-2-3-7/h4-7H,2-3H2,1H3,(H,25,28). The highest BCUT2D eigenvalue weighted by atomic mass is 32.1. The van der Waals surface area contributed by atoms with Crippen molar-refractivity contribution in [3.63, 3.8) is 0 Å². The van der Waals surface area contributed by atoms with Crippen LogP contribution in [0.15, 0.2) is 27.8 Å². The number of nitrogens with one attached hydrogen (secondary N) is 1. The van der Waals surface area contributed by atoms with Crippen LogP contribution in [-0.2, 0) is 0 Å². The van der Waals surface area contributed by atoms with E-state index in [0.717, 1.165) is 37.6 Å². The Balaban J connectivity index is 1.90. The Morgan fingerprint density at radius 3 is 2.43 bits per heavy atom. The smallest absolute Gasteiger partial charge is 0.271 e. The molecular weight excluding hydrogens is 424 g/mol. The molecule has 154 valence electrons. The molecule has 0 saturated heterocycles. The molecule has 1 fully saturated rings. The van der Waals surface area contributed by atoms with Gasteiger partial charge in [0.25, 0.3) is 5.56 Å². The van der Waals surface area contributed by atoms with Crippen LogP contribution < -0.4 is 15.7 Å². The predicted molar refractivity (Wildman–Crippen MR) is 104 cm³/mol. The molecule has 2 aromatic carbocycles. The predicted octanol–water partition coefficient (Wildman–Crippen LogP) is 4.47. The molecule has 0 amide bonds. The Bertz CT molecular complexity index is 1480. The largest absolute Gasteiger partial charge is 0.491 e. The molecule has 0 spiro atoms. The minimum atomic E-state index is -1.58. The molecular formula is C20H12F4N2O3S. The lowest BCUT2D eigenvalue weighted by atomic mass is 10.0. The summed E-state index contributed by atoms with van der Waals surface area (Å²) < 4.78 is 66.6. The van der Waals surface area contributed by atoms with E-state index in [9.17, 15) is 27.2 Å². The van der Waals surface area contributed by atoms with Gasteiger partial charge in [-0.2, -0.15) is 4.39 Å². The number of aromatic amines is 1. The number of aromatic nitrogens is 2. The first-order valence-corrected chi connectivity index (χ1v) is 9.76. The highest BCUT2D eigenvalue weighted by Crippen LogP contribution is 2.41. The molecule has 0 radical (unpaired) electrons. The second kappa shape index (κ2) is 6.43. The van der Waals surface area contributed by atoms with E-state index in [-0.39, 0.29) is 22.3 Å². The third-order valence-electron chi connectivity index (χ3n) is 5.24. The summed E-state index contributed by atoms with van der Waals surface area (Å²) in [5.41, 5.74) is -2.00. The van der Waals surface area contributed by atoms with Crippen molar-refractivity contribution in [2.75, 3.05) is 7.11 Å². The monoisotopic (exact) mass is 436 g/mol. The Morgan fingerprint density at radius 2 is 1.77 bits per heavy atom. The fraction of sp³-hybridized carbons (Fsp3) is 0.200. The number of ether oxygens (including phenoxy) is 1. The quantitative estimate of drug-likeness (QED) is 0.381. The van der Waals surface area contributed by atoms with Crippen molar-refractivity contribution < 1.29 is 22.3 Å². The van der Waals surface area contributed by atoms with Crippen molar-refractivity contribution in [1.29, 1.82) is 0 Å². The van der Waals surface area contributed by atoms with Gasteiger partial charge in [-0.1, -0.05) is 0 Å². The number of benzene rings is 2. The van der Waals surface area contributed by atoms with E-state index in [0.29, 0.717) is 10.9 Å². The van der Waals surface area contributed by atoms with Crippen LogP contribution in [0, 0.1) is 23.3 Å². The van der Waals surface area contributed by atoms with Crippen LogP contribution >= 0.6 is 11.5 Å². The van der Waals surface area contributed by atoms with Gasteiger partial charge in [-0.05, 0) is 42.6 Å². The molecule has 10 heteroatoms. The number of methoxy groups -OCH3 is 1. The second-order valence-electron chi connectivity index (χ2n) is 7.06. The summed E-state index contributed by atoms with van der Waals surface area (Å²) in [6.07, 6.45) is 1.57. The summed E-state index contributed by atoms with van der Waals surface area (Å²) in [5, 5.41) is -0.131. The third kappa shape index (κ3) is 2.53. The average Bonchev–Trinajstić information content (AvgIpc) is 3.47. The molecule has 30 heavy (non-hydrogen) atoms. The maximum absolute atomic E-state index is 14.9. The molecule has 4 aromatic rings. The molecule has 5 nitrogen and oxygen atoms in total. The lowest BCUT2D eigenvalue weighted by molar-refractivity contribution is 0.347. The maximum Gasteiger partial charge on any atom is 0.271 e. The number of hydrogen-bond acceptors (Lipinski definition) is 4. The van der Waals surface area contributed by atoms with Gasteiger partial charge in [0.05, 0.1) is 12.6 Å². The fourth-order valence-electron chi connectivity index (χ4n) is 3.71. The number of rotatable bonds is 3. The summed E-state index contributed by atoms with van der Waals surface area (Å²) in [7, 11) is 0.985. The number of fused-ring (bicyclic) bond motifs is 2. The van der Waals surface area contributed by atoms with Crippen molar-refractivity contribution in [3.8, 4) is 16.9 Å². The van der Waals surface area contributed by atoms with Crippen molar-refractivity contribution in [2.24, 2.45) is 0 Å². The SMILES string of the molecule is COc1c(F)cc(-c2cc3c(cc2F)c(=O)c2c(=O)[nH]sc2n3C2CC2)c(F)c1F. The molecule has 1 aliphatic carbocycles. The highest BCUT2D eigenvalue weighted by Gasteiger charge is 2.30. The van der Waals surface area contributed by atoms with Gasteiger partial charge in [0.2, 0.25) is 11.2 Å². The molecule has 2 heterocycles. The molecule has 1 saturated carbocycles. The minimum absolute atomic E-state index is 0.0189. The summed E-state index contributed by atoms with van der Waals surface area (Å²) in [4.78, 5) is 25.3. The van der Waals surface area contributed by atoms with E-state index < -0.39 is 51.1 Å². The molecule has 1 N–H and O–H groups in total. The minimum Gasteiger partial charge on any atom is -0.491 e. The Hall–Kier alpha value is -3.14. The van der Waals surface area contributed by atoms with Gasteiger partial charge in [-0.15, -0.1) is 0 Å². The van der Waals surface area contributed by atoms with Crippen molar-refractivity contribution in [2.45, 2.75) is 18.9 Å². The number of halogens is 4. The van der Waals surface area contributed by atoms with Crippen LogP contribution in [0.25, 0.3) is 32.2 Å². The van der Waals surface area contributed by atoms with E-state index in [4.69, 9.17) is 0 Å². The van der Waals surface area contributed by atoms with E-state index in [1.807, 2.05) is 0 Å².